The van der Waals surface area contributed by atoms with Crippen LogP contribution >= 0.6 is 0 Å². The quantitative estimate of drug-likeness (QED) is 0.796. The van der Waals surface area contributed by atoms with Crippen LogP contribution in [-0.4, -0.2) is 43.0 Å². The Morgan fingerprint density at radius 1 is 1.32 bits per heavy atom. The van der Waals surface area contributed by atoms with Crippen LogP contribution < -0.4 is 5.32 Å². The molecule has 5 nitrogen and oxygen atoms in total. The largest absolute Gasteiger partial charge is 0.380 e. The molecule has 0 spiro atoms. The van der Waals surface area contributed by atoms with Gasteiger partial charge in [-0.15, -0.1) is 0 Å². The van der Waals surface area contributed by atoms with E-state index in [9.17, 15) is 9.59 Å². The summed E-state index contributed by atoms with van der Waals surface area (Å²) in [4.78, 5) is 25.6. The lowest BCUT2D eigenvalue weighted by atomic mass is 10.0. The molecule has 1 fully saturated rings. The smallest absolute Gasteiger partial charge is 0.247 e. The second-order valence-corrected chi connectivity index (χ2v) is 4.32. The number of carbonyl (C=O) groups excluding carboxylic acids is 2. The molecule has 1 N–H and O–H groups in total. The number of nitrogens with one attached hydrogen (secondary N) is 1. The first kappa shape index (κ1) is 13.5. The molecule has 2 amide bonds. The van der Waals surface area contributed by atoms with Gasteiger partial charge < -0.3 is 15.0 Å². The fourth-order valence-electron chi connectivity index (χ4n) is 2.17. The van der Waals surface area contributed by atoms with Crippen LogP contribution in [-0.2, 0) is 14.3 Å². The van der Waals surface area contributed by atoms with E-state index < -0.39 is 6.04 Å². The van der Waals surface area contributed by atoms with Gasteiger partial charge in [0.15, 0.2) is 0 Å². The number of hydrogen-bond acceptors (Lipinski definition) is 3. The van der Waals surface area contributed by atoms with E-state index in [2.05, 4.69) is 5.32 Å². The molecular formula is C14H18N2O3. The average Bonchev–Trinajstić information content (AvgIpc) is 2.44. The maximum Gasteiger partial charge on any atom is 0.247 e. The van der Waals surface area contributed by atoms with Crippen LogP contribution in [0.25, 0.3) is 0 Å². The summed E-state index contributed by atoms with van der Waals surface area (Å²) in [5, 5.41) is 2.63. The molecule has 0 aliphatic carbocycles. The van der Waals surface area contributed by atoms with Crippen molar-refractivity contribution < 1.29 is 14.3 Å². The van der Waals surface area contributed by atoms with Gasteiger partial charge in [0.2, 0.25) is 11.8 Å². The van der Waals surface area contributed by atoms with Crippen molar-refractivity contribution in [2.75, 3.05) is 26.3 Å². The number of rotatable bonds is 5. The minimum Gasteiger partial charge on any atom is -0.380 e. The maximum atomic E-state index is 12.0. The molecule has 0 saturated carbocycles. The molecule has 1 heterocycles. The van der Waals surface area contributed by atoms with Crippen molar-refractivity contribution in [3.05, 3.63) is 35.9 Å². The van der Waals surface area contributed by atoms with Crippen molar-refractivity contribution in [3.63, 3.8) is 0 Å². The van der Waals surface area contributed by atoms with Crippen LogP contribution in [0.2, 0.25) is 0 Å². The Labute approximate surface area is 112 Å². The van der Waals surface area contributed by atoms with E-state index in [0.29, 0.717) is 19.8 Å². The highest BCUT2D eigenvalue weighted by molar-refractivity contribution is 5.95. The van der Waals surface area contributed by atoms with Gasteiger partial charge in [0.25, 0.3) is 0 Å². The standard InChI is InChI=1S/C14H18N2O3/c1-2-19-9-8-16-12(17)10-15-14(18)13(16)11-6-4-3-5-7-11/h3-7,13H,2,8-10H2,1H3,(H,15,18). The maximum absolute atomic E-state index is 12.0. The molecule has 1 unspecified atom stereocenters. The lowest BCUT2D eigenvalue weighted by Gasteiger charge is -2.35. The van der Waals surface area contributed by atoms with Gasteiger partial charge in [-0.1, -0.05) is 30.3 Å². The summed E-state index contributed by atoms with van der Waals surface area (Å²) in [7, 11) is 0. The Hall–Kier alpha value is -1.88. The van der Waals surface area contributed by atoms with Gasteiger partial charge in [-0.3, -0.25) is 9.59 Å². The van der Waals surface area contributed by atoms with Gasteiger partial charge in [0, 0.05) is 13.2 Å². The van der Waals surface area contributed by atoms with E-state index >= 15 is 0 Å². The topological polar surface area (TPSA) is 58.6 Å². The molecule has 5 heteroatoms. The number of hydrogen-bond donors (Lipinski definition) is 1. The van der Waals surface area contributed by atoms with Crippen LogP contribution in [0.1, 0.15) is 18.5 Å². The molecule has 1 aromatic carbocycles. The zero-order valence-electron chi connectivity index (χ0n) is 11.0. The number of nitrogens with zero attached hydrogens (tertiary/aromatic N) is 1. The predicted octanol–water partition coefficient (Wildman–Crippen LogP) is 0.723. The third kappa shape index (κ3) is 3.12. The average molecular weight is 262 g/mol. The minimum absolute atomic E-state index is 0.0638. The highest BCUT2D eigenvalue weighted by atomic mass is 16.5. The molecule has 0 aromatic heterocycles. The fraction of sp³-hybridized carbons (Fsp3) is 0.429. The van der Waals surface area contributed by atoms with Crippen LogP contribution in [0.4, 0.5) is 0 Å². The third-order valence-electron chi connectivity index (χ3n) is 3.09. The first-order valence-corrected chi connectivity index (χ1v) is 6.44. The molecule has 2 rings (SSSR count). The fourth-order valence-corrected chi connectivity index (χ4v) is 2.17. The van der Waals surface area contributed by atoms with Crippen molar-refractivity contribution >= 4 is 11.8 Å². The second kappa shape index (κ2) is 6.33. The molecule has 1 aromatic rings. The molecule has 0 bridgehead atoms. The lowest BCUT2D eigenvalue weighted by molar-refractivity contribution is -0.146. The monoisotopic (exact) mass is 262 g/mol. The van der Waals surface area contributed by atoms with Crippen molar-refractivity contribution in [1.29, 1.82) is 0 Å². The van der Waals surface area contributed by atoms with Crippen molar-refractivity contribution in [3.8, 4) is 0 Å². The summed E-state index contributed by atoms with van der Waals surface area (Å²) in [6.45, 7) is 3.44. The summed E-state index contributed by atoms with van der Waals surface area (Å²) in [6, 6.07) is 8.77. The van der Waals surface area contributed by atoms with E-state index in [1.807, 2.05) is 37.3 Å². The Balaban J connectivity index is 2.18. The first-order valence-electron chi connectivity index (χ1n) is 6.44. The molecule has 19 heavy (non-hydrogen) atoms. The summed E-state index contributed by atoms with van der Waals surface area (Å²) >= 11 is 0. The minimum atomic E-state index is -0.553. The SMILES string of the molecule is CCOCCN1C(=O)CNC(=O)C1c1ccccc1. The molecule has 1 aliphatic heterocycles. The van der Waals surface area contributed by atoms with E-state index in [4.69, 9.17) is 4.74 Å². The van der Waals surface area contributed by atoms with E-state index in [1.54, 1.807) is 4.90 Å². The number of piperazine rings is 1. The number of amides is 2. The summed E-state index contributed by atoms with van der Waals surface area (Å²) in [5.41, 5.74) is 0.824. The van der Waals surface area contributed by atoms with E-state index in [-0.39, 0.29) is 18.4 Å². The van der Waals surface area contributed by atoms with Gasteiger partial charge in [-0.2, -0.15) is 0 Å². The number of benzene rings is 1. The third-order valence-corrected chi connectivity index (χ3v) is 3.09. The molecule has 1 aliphatic rings. The van der Waals surface area contributed by atoms with Crippen LogP contribution in [0.15, 0.2) is 30.3 Å². The first-order chi connectivity index (χ1) is 9.24. The van der Waals surface area contributed by atoms with Crippen molar-refractivity contribution in [1.82, 2.24) is 10.2 Å². The van der Waals surface area contributed by atoms with Crippen molar-refractivity contribution in [2.45, 2.75) is 13.0 Å². The molecular weight excluding hydrogens is 244 g/mol. The van der Waals surface area contributed by atoms with Gasteiger partial charge >= 0.3 is 0 Å². The normalized spacial score (nSPS) is 19.4. The van der Waals surface area contributed by atoms with Crippen molar-refractivity contribution in [2.24, 2.45) is 0 Å². The van der Waals surface area contributed by atoms with E-state index in [1.165, 1.54) is 0 Å². The van der Waals surface area contributed by atoms with Gasteiger partial charge in [-0.05, 0) is 12.5 Å². The number of ether oxygens (including phenoxy) is 1. The Bertz CT molecular complexity index is 447. The summed E-state index contributed by atoms with van der Waals surface area (Å²) < 4.78 is 5.28. The Kier molecular flexibility index (Phi) is 4.52. The van der Waals surface area contributed by atoms with Gasteiger partial charge in [-0.25, -0.2) is 0 Å². The summed E-state index contributed by atoms with van der Waals surface area (Å²) in [6.07, 6.45) is 0. The summed E-state index contributed by atoms with van der Waals surface area (Å²) in [5.74, 6) is -0.213. The second-order valence-electron chi connectivity index (χ2n) is 4.32. The van der Waals surface area contributed by atoms with Crippen LogP contribution in [0, 0.1) is 0 Å². The lowest BCUT2D eigenvalue weighted by Crippen LogP contribution is -2.54. The Morgan fingerprint density at radius 3 is 2.74 bits per heavy atom. The molecule has 1 atom stereocenters. The zero-order valence-corrected chi connectivity index (χ0v) is 11.0. The van der Waals surface area contributed by atoms with Crippen LogP contribution in [0.5, 0.6) is 0 Å². The Morgan fingerprint density at radius 2 is 2.05 bits per heavy atom. The zero-order chi connectivity index (χ0) is 13.7. The number of carbonyl (C=O) groups is 2. The highest BCUT2D eigenvalue weighted by Crippen LogP contribution is 2.23. The van der Waals surface area contributed by atoms with Gasteiger partial charge in [0.1, 0.15) is 6.04 Å². The molecule has 0 radical (unpaired) electrons. The van der Waals surface area contributed by atoms with Gasteiger partial charge in [0.05, 0.1) is 13.2 Å². The highest BCUT2D eigenvalue weighted by Gasteiger charge is 2.35. The molecule has 1 saturated heterocycles. The van der Waals surface area contributed by atoms with E-state index in [0.717, 1.165) is 5.56 Å². The van der Waals surface area contributed by atoms with Crippen LogP contribution in [0.3, 0.4) is 0 Å². The molecule has 102 valence electrons. The predicted molar refractivity (Wildman–Crippen MR) is 70.4 cm³/mol.